The summed E-state index contributed by atoms with van der Waals surface area (Å²) in [6, 6.07) is 9.86. The molecule has 1 aliphatic heterocycles. The molecule has 212 valence electrons. The summed E-state index contributed by atoms with van der Waals surface area (Å²) < 4.78 is 1.43. The summed E-state index contributed by atoms with van der Waals surface area (Å²) >= 11 is 0. The Balaban J connectivity index is 1.31. The summed E-state index contributed by atoms with van der Waals surface area (Å²) in [5, 5.41) is 12.0. The van der Waals surface area contributed by atoms with Crippen molar-refractivity contribution in [3.8, 4) is 5.69 Å². The maximum Gasteiger partial charge on any atom is 0.354 e. The van der Waals surface area contributed by atoms with Gasteiger partial charge in [0, 0.05) is 51.0 Å². The van der Waals surface area contributed by atoms with Crippen LogP contribution in [0.1, 0.15) is 38.2 Å². The van der Waals surface area contributed by atoms with Gasteiger partial charge in [0.05, 0.1) is 12.3 Å². The number of piperazine rings is 1. The van der Waals surface area contributed by atoms with E-state index in [-0.39, 0.29) is 11.7 Å². The van der Waals surface area contributed by atoms with Crippen LogP contribution >= 0.6 is 0 Å². The van der Waals surface area contributed by atoms with Gasteiger partial charge in [0.2, 0.25) is 5.91 Å². The number of carbonyl (C=O) groups is 2. The zero-order valence-corrected chi connectivity index (χ0v) is 22.8. The number of nitrogens with two attached hydrogens (primary N) is 2. The molecule has 2 heterocycles. The Morgan fingerprint density at radius 2 is 1.69 bits per heavy atom. The molecule has 1 aromatic heterocycles. The van der Waals surface area contributed by atoms with E-state index in [1.54, 1.807) is 17.2 Å². The van der Waals surface area contributed by atoms with Crippen molar-refractivity contribution in [2.75, 3.05) is 45.2 Å². The number of aromatic nitrogens is 2. The molecule has 12 nitrogen and oxygen atoms in total. The Labute approximate surface area is 228 Å². The van der Waals surface area contributed by atoms with Gasteiger partial charge in [0.25, 0.3) is 0 Å². The van der Waals surface area contributed by atoms with Gasteiger partial charge in [-0.15, -0.1) is 0 Å². The molecular weight excluding hydrogens is 500 g/mol. The molecule has 1 unspecified atom stereocenters. The van der Waals surface area contributed by atoms with Gasteiger partial charge in [0.15, 0.2) is 0 Å². The van der Waals surface area contributed by atoms with Crippen LogP contribution in [0.2, 0.25) is 0 Å². The van der Waals surface area contributed by atoms with Gasteiger partial charge < -0.3 is 26.4 Å². The lowest BCUT2D eigenvalue weighted by molar-refractivity contribution is -0.139. The van der Waals surface area contributed by atoms with Gasteiger partial charge in [-0.05, 0) is 63.4 Å². The van der Waals surface area contributed by atoms with E-state index in [0.29, 0.717) is 44.0 Å². The fourth-order valence-electron chi connectivity index (χ4n) is 5.12. The Kier molecular flexibility index (Phi) is 9.01. The predicted molar refractivity (Wildman–Crippen MR) is 148 cm³/mol. The number of aliphatic hydroxyl groups is 1. The second-order valence-electron chi connectivity index (χ2n) is 10.9. The van der Waals surface area contributed by atoms with Crippen LogP contribution in [0.5, 0.6) is 0 Å². The van der Waals surface area contributed by atoms with Crippen LogP contribution in [-0.4, -0.2) is 98.8 Å². The van der Waals surface area contributed by atoms with E-state index < -0.39 is 23.9 Å². The molecule has 1 atom stereocenters. The summed E-state index contributed by atoms with van der Waals surface area (Å²) in [4.78, 5) is 47.3. The lowest BCUT2D eigenvalue weighted by atomic mass is 9.91. The maximum atomic E-state index is 12.7. The first kappa shape index (κ1) is 28.7. The monoisotopic (exact) mass is 540 g/mol. The minimum Gasteiger partial charge on any atom is -0.394 e. The third-order valence-corrected chi connectivity index (χ3v) is 7.72. The van der Waals surface area contributed by atoms with Crippen molar-refractivity contribution in [1.29, 1.82) is 0 Å². The molecule has 0 bridgehead atoms. The summed E-state index contributed by atoms with van der Waals surface area (Å²) in [5.74, 6) is -0.204. The third kappa shape index (κ3) is 7.01. The molecule has 12 heteroatoms. The molecule has 1 saturated carbocycles. The van der Waals surface area contributed by atoms with Crippen LogP contribution in [0.25, 0.3) is 5.69 Å². The standard InChI is InChI=1S/C27H40N8O4/c1-27(29,18-36)24(37)33-13-15-34(16-14-33)25(38)30-23-11-12-35(26(39)31-23)22-7-3-19(4-8-22)17-32(2)21-9-5-20(28)6-10-21/h3-4,7-8,11-12,20-21,36H,5-6,9-10,13-18,28-29H2,1-2H3,(H,30,31,38,39). The van der Waals surface area contributed by atoms with Crippen molar-refractivity contribution < 1.29 is 14.7 Å². The number of aliphatic hydroxyl groups excluding tert-OH is 1. The van der Waals surface area contributed by atoms with Crippen LogP contribution in [0, 0.1) is 0 Å². The van der Waals surface area contributed by atoms with Crippen molar-refractivity contribution in [3.63, 3.8) is 0 Å². The van der Waals surface area contributed by atoms with Gasteiger partial charge >= 0.3 is 11.7 Å². The lowest BCUT2D eigenvalue weighted by Crippen LogP contribution is -2.60. The molecule has 2 aromatic rings. The highest BCUT2D eigenvalue weighted by atomic mass is 16.3. The van der Waals surface area contributed by atoms with Crippen LogP contribution in [-0.2, 0) is 11.3 Å². The van der Waals surface area contributed by atoms with E-state index in [4.69, 9.17) is 11.5 Å². The quantitative estimate of drug-likeness (QED) is 0.390. The summed E-state index contributed by atoms with van der Waals surface area (Å²) in [6.07, 6.45) is 5.96. The van der Waals surface area contributed by atoms with Gasteiger partial charge in [-0.3, -0.25) is 19.6 Å². The largest absolute Gasteiger partial charge is 0.394 e. The van der Waals surface area contributed by atoms with Crippen LogP contribution in [0.15, 0.2) is 41.3 Å². The second-order valence-corrected chi connectivity index (χ2v) is 10.9. The highest BCUT2D eigenvalue weighted by Crippen LogP contribution is 2.23. The number of rotatable bonds is 7. The number of anilines is 1. The molecular formula is C27H40N8O4. The first-order valence-corrected chi connectivity index (χ1v) is 13.5. The Morgan fingerprint density at radius 3 is 2.28 bits per heavy atom. The average molecular weight is 541 g/mol. The van der Waals surface area contributed by atoms with Crippen molar-refractivity contribution in [1.82, 2.24) is 24.3 Å². The number of benzene rings is 1. The fraction of sp³-hybridized carbons (Fsp3) is 0.556. The van der Waals surface area contributed by atoms with E-state index >= 15 is 0 Å². The van der Waals surface area contributed by atoms with Crippen LogP contribution < -0.4 is 22.5 Å². The maximum absolute atomic E-state index is 12.7. The van der Waals surface area contributed by atoms with E-state index in [9.17, 15) is 19.5 Å². The summed E-state index contributed by atoms with van der Waals surface area (Å²) in [5.41, 5.74) is 11.9. The van der Waals surface area contributed by atoms with Crippen LogP contribution in [0.3, 0.4) is 0 Å². The van der Waals surface area contributed by atoms with Crippen LogP contribution in [0.4, 0.5) is 10.6 Å². The van der Waals surface area contributed by atoms with Crippen molar-refractivity contribution >= 4 is 17.8 Å². The van der Waals surface area contributed by atoms with Gasteiger partial charge in [-0.2, -0.15) is 4.98 Å². The molecule has 0 spiro atoms. The Hall–Kier alpha value is -3.32. The first-order valence-electron chi connectivity index (χ1n) is 13.5. The summed E-state index contributed by atoms with van der Waals surface area (Å²) in [6.45, 7) is 3.04. The third-order valence-electron chi connectivity index (χ3n) is 7.72. The lowest BCUT2D eigenvalue weighted by Gasteiger charge is -2.37. The molecule has 3 amide bonds. The van der Waals surface area contributed by atoms with Crippen molar-refractivity contribution in [2.24, 2.45) is 11.5 Å². The number of urea groups is 1. The van der Waals surface area contributed by atoms with E-state index in [0.717, 1.165) is 37.8 Å². The molecule has 6 N–H and O–H groups in total. The van der Waals surface area contributed by atoms with Crippen molar-refractivity contribution in [3.05, 3.63) is 52.6 Å². The number of nitrogens with one attached hydrogen (secondary N) is 1. The molecule has 0 radical (unpaired) electrons. The highest BCUT2D eigenvalue weighted by molar-refractivity contribution is 5.89. The number of hydrogen-bond donors (Lipinski definition) is 4. The Morgan fingerprint density at radius 1 is 1.08 bits per heavy atom. The van der Waals surface area contributed by atoms with Crippen molar-refractivity contribution in [2.45, 2.75) is 56.8 Å². The molecule has 4 rings (SSSR count). The zero-order chi connectivity index (χ0) is 28.2. The fourth-order valence-corrected chi connectivity index (χ4v) is 5.12. The molecule has 2 fully saturated rings. The predicted octanol–water partition coefficient (Wildman–Crippen LogP) is 0.320. The van der Waals surface area contributed by atoms with Gasteiger partial charge in [0.1, 0.15) is 11.4 Å². The smallest absolute Gasteiger partial charge is 0.354 e. The minimum atomic E-state index is -1.35. The molecule has 1 saturated heterocycles. The minimum absolute atomic E-state index is 0.153. The topological polar surface area (TPSA) is 163 Å². The number of hydrogen-bond acceptors (Lipinski definition) is 8. The molecule has 39 heavy (non-hydrogen) atoms. The average Bonchev–Trinajstić information content (AvgIpc) is 2.93. The number of amides is 3. The second kappa shape index (κ2) is 12.2. The van der Waals surface area contributed by atoms with Gasteiger partial charge in [-0.25, -0.2) is 9.59 Å². The SMILES string of the molecule is CN(Cc1ccc(-n2ccc(NC(=O)N3CCN(C(=O)C(C)(N)CO)CC3)nc2=O)cc1)C1CCC(N)CC1. The summed E-state index contributed by atoms with van der Waals surface area (Å²) in [7, 11) is 2.14. The molecule has 1 aliphatic carbocycles. The van der Waals surface area contributed by atoms with E-state index in [2.05, 4.69) is 22.2 Å². The number of carbonyl (C=O) groups excluding carboxylic acids is 2. The molecule has 2 aliphatic rings. The Bertz CT molecular complexity index is 1200. The zero-order valence-electron chi connectivity index (χ0n) is 22.8. The first-order chi connectivity index (χ1) is 18.6. The number of nitrogens with zero attached hydrogens (tertiary/aromatic N) is 5. The normalized spacial score (nSPS) is 21.5. The van der Waals surface area contributed by atoms with Gasteiger partial charge in [-0.1, -0.05) is 12.1 Å². The van der Waals surface area contributed by atoms with E-state index in [1.807, 2.05) is 24.3 Å². The van der Waals surface area contributed by atoms with E-state index in [1.165, 1.54) is 16.4 Å². The molecule has 1 aromatic carbocycles. The highest BCUT2D eigenvalue weighted by Gasteiger charge is 2.34.